The SMILES string of the molecule is COc1ccc(CN(C(=O)Cc2csc(N3CCCC3=O)n2)C2CC2)cc1. The maximum absolute atomic E-state index is 12.9. The van der Waals surface area contributed by atoms with E-state index in [0.717, 1.165) is 42.8 Å². The number of nitrogens with zero attached hydrogens (tertiary/aromatic N) is 3. The Hall–Kier alpha value is -2.41. The Morgan fingerprint density at radius 3 is 2.74 bits per heavy atom. The highest BCUT2D eigenvalue weighted by molar-refractivity contribution is 7.14. The molecule has 6 nitrogen and oxygen atoms in total. The number of methoxy groups -OCH3 is 1. The van der Waals surface area contributed by atoms with Crippen LogP contribution in [0.2, 0.25) is 0 Å². The van der Waals surface area contributed by atoms with Crippen molar-refractivity contribution < 1.29 is 14.3 Å². The predicted molar refractivity (Wildman–Crippen MR) is 104 cm³/mol. The molecule has 0 atom stereocenters. The second-order valence-electron chi connectivity index (χ2n) is 7.05. The Bertz CT molecular complexity index is 829. The molecule has 2 heterocycles. The minimum atomic E-state index is 0.0953. The molecule has 2 fully saturated rings. The molecule has 4 rings (SSSR count). The Morgan fingerprint density at radius 1 is 1.33 bits per heavy atom. The normalized spacial score (nSPS) is 16.6. The molecule has 142 valence electrons. The standard InChI is InChI=1S/C20H23N3O3S/c1-26-17-8-4-14(5-9-17)12-23(16-6-7-16)19(25)11-15-13-27-20(21-15)22-10-2-3-18(22)24/h4-5,8-9,13,16H,2-3,6-7,10-12H2,1H3. The van der Waals surface area contributed by atoms with Crippen molar-refractivity contribution in [1.82, 2.24) is 9.88 Å². The van der Waals surface area contributed by atoms with Gasteiger partial charge in [-0.1, -0.05) is 12.1 Å². The number of hydrogen-bond donors (Lipinski definition) is 0. The van der Waals surface area contributed by atoms with Crippen molar-refractivity contribution in [2.45, 2.75) is 44.7 Å². The fourth-order valence-electron chi connectivity index (χ4n) is 3.34. The van der Waals surface area contributed by atoms with Gasteiger partial charge in [-0.3, -0.25) is 14.5 Å². The van der Waals surface area contributed by atoms with E-state index in [2.05, 4.69) is 4.98 Å². The number of carbonyl (C=O) groups is 2. The third-order valence-electron chi connectivity index (χ3n) is 5.00. The van der Waals surface area contributed by atoms with E-state index in [9.17, 15) is 9.59 Å². The smallest absolute Gasteiger partial charge is 0.229 e. The molecule has 1 aromatic carbocycles. The van der Waals surface area contributed by atoms with E-state index in [1.807, 2.05) is 34.5 Å². The van der Waals surface area contributed by atoms with Gasteiger partial charge >= 0.3 is 0 Å². The number of anilines is 1. The quantitative estimate of drug-likeness (QED) is 0.735. The molecule has 1 aliphatic heterocycles. The lowest BCUT2D eigenvalue weighted by Crippen LogP contribution is -2.34. The molecule has 0 unspecified atom stereocenters. The van der Waals surface area contributed by atoms with E-state index in [4.69, 9.17) is 4.74 Å². The Kier molecular flexibility index (Phi) is 5.11. The molecule has 2 aliphatic rings. The lowest BCUT2D eigenvalue weighted by Gasteiger charge is -2.22. The van der Waals surface area contributed by atoms with Gasteiger partial charge in [0.15, 0.2) is 5.13 Å². The minimum absolute atomic E-state index is 0.0953. The highest BCUT2D eigenvalue weighted by atomic mass is 32.1. The molecular formula is C20H23N3O3S. The van der Waals surface area contributed by atoms with Gasteiger partial charge in [0.1, 0.15) is 5.75 Å². The maximum atomic E-state index is 12.9. The Labute approximate surface area is 162 Å². The number of benzene rings is 1. The third kappa shape index (κ3) is 4.13. The van der Waals surface area contributed by atoms with Crippen molar-refractivity contribution in [3.8, 4) is 5.75 Å². The van der Waals surface area contributed by atoms with E-state index in [1.54, 1.807) is 12.0 Å². The first-order valence-electron chi connectivity index (χ1n) is 9.31. The van der Waals surface area contributed by atoms with Crippen LogP contribution in [0.5, 0.6) is 5.75 Å². The van der Waals surface area contributed by atoms with Gasteiger partial charge in [-0.2, -0.15) is 0 Å². The van der Waals surface area contributed by atoms with Crippen molar-refractivity contribution in [3.05, 3.63) is 40.9 Å². The van der Waals surface area contributed by atoms with E-state index in [-0.39, 0.29) is 18.2 Å². The summed E-state index contributed by atoms with van der Waals surface area (Å²) in [5.41, 5.74) is 1.85. The van der Waals surface area contributed by atoms with Gasteiger partial charge in [0.2, 0.25) is 11.8 Å². The van der Waals surface area contributed by atoms with Gasteiger partial charge < -0.3 is 9.64 Å². The van der Waals surface area contributed by atoms with Crippen LogP contribution < -0.4 is 9.64 Å². The highest BCUT2D eigenvalue weighted by Crippen LogP contribution is 2.30. The topological polar surface area (TPSA) is 62.7 Å². The van der Waals surface area contributed by atoms with Crippen LogP contribution in [-0.2, 0) is 22.6 Å². The maximum Gasteiger partial charge on any atom is 0.229 e. The monoisotopic (exact) mass is 385 g/mol. The number of thiazole rings is 1. The van der Waals surface area contributed by atoms with Gasteiger partial charge in [0.05, 0.1) is 19.2 Å². The molecule has 7 heteroatoms. The predicted octanol–water partition coefficient (Wildman–Crippen LogP) is 3.01. The summed E-state index contributed by atoms with van der Waals surface area (Å²) < 4.78 is 5.20. The third-order valence-corrected chi connectivity index (χ3v) is 5.91. The largest absolute Gasteiger partial charge is 0.497 e. The van der Waals surface area contributed by atoms with Crippen molar-refractivity contribution >= 4 is 28.3 Å². The Morgan fingerprint density at radius 2 is 2.11 bits per heavy atom. The average Bonchev–Trinajstić information content (AvgIpc) is 3.27. The lowest BCUT2D eigenvalue weighted by atomic mass is 10.2. The number of rotatable bonds is 7. The summed E-state index contributed by atoms with van der Waals surface area (Å²) in [6, 6.07) is 8.18. The van der Waals surface area contributed by atoms with Crippen molar-refractivity contribution in [1.29, 1.82) is 0 Å². The lowest BCUT2D eigenvalue weighted by molar-refractivity contribution is -0.131. The van der Waals surface area contributed by atoms with E-state index < -0.39 is 0 Å². The van der Waals surface area contributed by atoms with Crippen LogP contribution in [0, 0.1) is 0 Å². The molecule has 1 aromatic heterocycles. The van der Waals surface area contributed by atoms with E-state index in [0.29, 0.717) is 24.1 Å². The van der Waals surface area contributed by atoms with Crippen LogP contribution in [0.25, 0.3) is 0 Å². The molecular weight excluding hydrogens is 362 g/mol. The zero-order valence-corrected chi connectivity index (χ0v) is 16.2. The molecule has 1 saturated heterocycles. The molecule has 2 aromatic rings. The molecule has 0 radical (unpaired) electrons. The van der Waals surface area contributed by atoms with Gasteiger partial charge in [-0.05, 0) is 37.0 Å². The van der Waals surface area contributed by atoms with Crippen LogP contribution in [0.4, 0.5) is 5.13 Å². The second-order valence-corrected chi connectivity index (χ2v) is 7.88. The number of aromatic nitrogens is 1. The molecule has 27 heavy (non-hydrogen) atoms. The van der Waals surface area contributed by atoms with Gasteiger partial charge in [-0.15, -0.1) is 11.3 Å². The van der Waals surface area contributed by atoms with Crippen LogP contribution >= 0.6 is 11.3 Å². The second kappa shape index (κ2) is 7.68. The van der Waals surface area contributed by atoms with Gasteiger partial charge in [-0.25, -0.2) is 4.98 Å². The van der Waals surface area contributed by atoms with Crippen LogP contribution in [-0.4, -0.2) is 41.4 Å². The van der Waals surface area contributed by atoms with Crippen LogP contribution in [0.15, 0.2) is 29.6 Å². The summed E-state index contributed by atoms with van der Waals surface area (Å²) in [5.74, 6) is 1.04. The van der Waals surface area contributed by atoms with Gasteiger partial charge in [0.25, 0.3) is 0 Å². The van der Waals surface area contributed by atoms with Gasteiger partial charge in [0, 0.05) is 30.9 Å². The number of carbonyl (C=O) groups excluding carboxylic acids is 2. The first-order chi connectivity index (χ1) is 13.1. The molecule has 0 bridgehead atoms. The molecule has 1 saturated carbocycles. The van der Waals surface area contributed by atoms with E-state index >= 15 is 0 Å². The first-order valence-corrected chi connectivity index (χ1v) is 10.2. The summed E-state index contributed by atoms with van der Waals surface area (Å²) in [7, 11) is 1.65. The zero-order chi connectivity index (χ0) is 18.8. The minimum Gasteiger partial charge on any atom is -0.497 e. The molecule has 0 N–H and O–H groups in total. The van der Waals surface area contributed by atoms with E-state index in [1.165, 1.54) is 11.3 Å². The fraction of sp³-hybridized carbons (Fsp3) is 0.450. The summed E-state index contributed by atoms with van der Waals surface area (Å²) in [6.07, 6.45) is 3.87. The molecule has 2 amide bonds. The van der Waals surface area contributed by atoms with Crippen molar-refractivity contribution in [2.75, 3.05) is 18.6 Å². The van der Waals surface area contributed by atoms with Crippen LogP contribution in [0.3, 0.4) is 0 Å². The number of ether oxygens (including phenoxy) is 1. The average molecular weight is 385 g/mol. The summed E-state index contributed by atoms with van der Waals surface area (Å²) in [6.45, 7) is 1.33. The molecule has 0 spiro atoms. The van der Waals surface area contributed by atoms with Crippen LogP contribution in [0.1, 0.15) is 36.9 Å². The highest BCUT2D eigenvalue weighted by Gasteiger charge is 2.33. The van der Waals surface area contributed by atoms with Crippen molar-refractivity contribution in [3.63, 3.8) is 0 Å². The zero-order valence-electron chi connectivity index (χ0n) is 15.4. The van der Waals surface area contributed by atoms with Crippen molar-refractivity contribution in [2.24, 2.45) is 0 Å². The first kappa shape index (κ1) is 18.0. The number of hydrogen-bond acceptors (Lipinski definition) is 5. The summed E-state index contributed by atoms with van der Waals surface area (Å²) >= 11 is 1.45. The summed E-state index contributed by atoms with van der Waals surface area (Å²) in [4.78, 5) is 33.0. The molecule has 1 aliphatic carbocycles. The fourth-order valence-corrected chi connectivity index (χ4v) is 4.21. The Balaban J connectivity index is 1.42. The number of amides is 2. The summed E-state index contributed by atoms with van der Waals surface area (Å²) in [5, 5.41) is 2.62.